The molecule has 16 heteroatoms. The fourth-order valence-electron chi connectivity index (χ4n) is 4.32. The number of fused-ring (bicyclic) bond motifs is 2. The fourth-order valence-corrected chi connectivity index (χ4v) is 5.69. The highest BCUT2D eigenvalue weighted by Gasteiger charge is 2.25. The lowest BCUT2D eigenvalue weighted by atomic mass is 10.2. The van der Waals surface area contributed by atoms with E-state index in [-0.39, 0.29) is 34.1 Å². The van der Waals surface area contributed by atoms with Gasteiger partial charge in [-0.3, -0.25) is 19.1 Å². The maximum Gasteiger partial charge on any atom is 0.266 e. The third-order valence-electron chi connectivity index (χ3n) is 6.18. The second-order valence-corrected chi connectivity index (χ2v) is 10.8. The molecule has 0 bridgehead atoms. The van der Waals surface area contributed by atoms with Crippen LogP contribution in [0, 0.1) is 0 Å². The largest absolute Gasteiger partial charge is 0.356 e. The minimum absolute atomic E-state index is 0.0527. The number of nitrogens with zero attached hydrogens (tertiary/aromatic N) is 7. The zero-order valence-electron chi connectivity index (χ0n) is 19.6. The number of nitrogens with one attached hydrogen (secondary N) is 1. The first-order valence-corrected chi connectivity index (χ1v) is 14.0. The summed E-state index contributed by atoms with van der Waals surface area (Å²) in [5.74, 6) is 0. The molecule has 0 aliphatic carbocycles. The number of halogens is 4. The van der Waals surface area contributed by atoms with Crippen LogP contribution in [0.25, 0.3) is 22.1 Å². The van der Waals surface area contributed by atoms with Crippen molar-refractivity contribution in [3.05, 3.63) is 40.5 Å². The number of aromatic nitrogens is 8. The summed E-state index contributed by atoms with van der Waals surface area (Å²) < 4.78 is 16.8. The summed E-state index contributed by atoms with van der Waals surface area (Å²) in [7, 11) is 1.58. The van der Waals surface area contributed by atoms with Crippen LogP contribution in [0.5, 0.6) is 0 Å². The van der Waals surface area contributed by atoms with Gasteiger partial charge in [-0.25, -0.2) is 9.36 Å². The van der Waals surface area contributed by atoms with Crippen molar-refractivity contribution in [2.24, 2.45) is 7.05 Å². The molecule has 2 unspecified atom stereocenters. The normalized spacial score (nSPS) is 20.2. The Kier molecular flexibility index (Phi) is 8.03. The smallest absolute Gasteiger partial charge is 0.266 e. The third kappa shape index (κ3) is 5.23. The molecule has 4 aromatic heterocycles. The highest BCUT2D eigenvalue weighted by atomic mass is 79.9. The van der Waals surface area contributed by atoms with Gasteiger partial charge in [0.15, 0.2) is 23.8 Å². The first kappa shape index (κ1) is 26.8. The number of H-pyrrole nitrogens is 1. The molecule has 2 atom stereocenters. The highest BCUT2D eigenvalue weighted by molar-refractivity contribution is 9.10. The Morgan fingerprint density at radius 1 is 0.865 bits per heavy atom. The number of rotatable bonds is 2. The Bertz CT molecular complexity index is 1570. The van der Waals surface area contributed by atoms with Crippen LogP contribution in [0.2, 0.25) is 10.6 Å². The molecule has 0 amide bonds. The zero-order chi connectivity index (χ0) is 26.3. The standard InChI is InChI=1S/C11H12BrClN4O2.C10H10BrClN4O2/c1-16-10(18)7-8(12)15-17(9(7)14-11(16)13)6-4-2-3-5-19-6;11-7-6-8(13-10(12)14-9(6)17)16(15-7)5-3-1-2-4-18-5/h6H,2-5H2,1H3;5H,1-4H2,(H,13,14,17). The molecule has 0 saturated carbocycles. The maximum absolute atomic E-state index is 12.2. The molecule has 12 nitrogen and oxygen atoms in total. The van der Waals surface area contributed by atoms with Crippen molar-refractivity contribution in [1.82, 2.24) is 39.1 Å². The summed E-state index contributed by atoms with van der Waals surface area (Å²) in [4.78, 5) is 34.8. The molecule has 37 heavy (non-hydrogen) atoms. The molecule has 6 heterocycles. The fraction of sp³-hybridized carbons (Fsp3) is 0.524. The van der Waals surface area contributed by atoms with Crippen LogP contribution in [0.3, 0.4) is 0 Å². The van der Waals surface area contributed by atoms with Crippen LogP contribution >= 0.6 is 55.1 Å². The van der Waals surface area contributed by atoms with Gasteiger partial charge < -0.3 is 9.47 Å². The van der Waals surface area contributed by atoms with E-state index in [9.17, 15) is 9.59 Å². The summed E-state index contributed by atoms with van der Waals surface area (Å²) >= 11 is 18.3. The van der Waals surface area contributed by atoms with Gasteiger partial charge in [-0.15, -0.1) is 0 Å². The van der Waals surface area contributed by atoms with Crippen LogP contribution in [0.1, 0.15) is 51.0 Å². The first-order chi connectivity index (χ1) is 17.8. The first-order valence-electron chi connectivity index (χ1n) is 11.6. The van der Waals surface area contributed by atoms with Crippen LogP contribution in [-0.4, -0.2) is 52.3 Å². The molecule has 2 aliphatic heterocycles. The van der Waals surface area contributed by atoms with E-state index in [0.29, 0.717) is 44.5 Å². The molecule has 6 rings (SSSR count). The lowest BCUT2D eigenvalue weighted by molar-refractivity contribution is -0.0373. The van der Waals surface area contributed by atoms with Gasteiger partial charge in [0.05, 0.1) is 0 Å². The van der Waals surface area contributed by atoms with E-state index in [1.807, 2.05) is 0 Å². The Hall–Kier alpha value is -1.84. The van der Waals surface area contributed by atoms with E-state index < -0.39 is 0 Å². The molecule has 4 aromatic rings. The predicted octanol–water partition coefficient (Wildman–Crippen LogP) is 4.48. The van der Waals surface area contributed by atoms with Crippen molar-refractivity contribution in [3.8, 4) is 0 Å². The second kappa shape index (κ2) is 11.1. The summed E-state index contributed by atoms with van der Waals surface area (Å²) in [6.45, 7) is 1.39. The Morgan fingerprint density at radius 2 is 1.41 bits per heavy atom. The molecular weight excluding hydrogens is 659 g/mol. The van der Waals surface area contributed by atoms with E-state index in [0.717, 1.165) is 38.5 Å². The minimum Gasteiger partial charge on any atom is -0.356 e. The van der Waals surface area contributed by atoms with Crippen molar-refractivity contribution < 1.29 is 9.47 Å². The molecule has 0 spiro atoms. The maximum atomic E-state index is 12.2. The highest BCUT2D eigenvalue weighted by Crippen LogP contribution is 2.29. The quantitative estimate of drug-likeness (QED) is 0.307. The molecule has 1 N–H and O–H groups in total. The number of hydrogen-bond donors (Lipinski definition) is 1. The lowest BCUT2D eigenvalue weighted by Gasteiger charge is -2.22. The average molecular weight is 681 g/mol. The van der Waals surface area contributed by atoms with E-state index in [2.05, 4.69) is 57.0 Å². The van der Waals surface area contributed by atoms with E-state index in [1.54, 1.807) is 16.4 Å². The molecule has 2 saturated heterocycles. The van der Waals surface area contributed by atoms with Crippen molar-refractivity contribution in [3.63, 3.8) is 0 Å². The van der Waals surface area contributed by atoms with E-state index in [1.165, 1.54) is 4.57 Å². The van der Waals surface area contributed by atoms with Gasteiger partial charge in [-0.05, 0) is 93.6 Å². The number of ether oxygens (including phenoxy) is 2. The van der Waals surface area contributed by atoms with Crippen LogP contribution in [0.4, 0.5) is 0 Å². The van der Waals surface area contributed by atoms with Crippen molar-refractivity contribution in [1.29, 1.82) is 0 Å². The van der Waals surface area contributed by atoms with Gasteiger partial charge in [0.25, 0.3) is 11.1 Å². The Morgan fingerprint density at radius 3 is 1.95 bits per heavy atom. The summed E-state index contributed by atoms with van der Waals surface area (Å²) in [5, 5.41) is 9.63. The number of aromatic amines is 1. The van der Waals surface area contributed by atoms with Crippen molar-refractivity contribution >= 4 is 77.1 Å². The predicted molar refractivity (Wildman–Crippen MR) is 144 cm³/mol. The molecule has 0 radical (unpaired) electrons. The van der Waals surface area contributed by atoms with Gasteiger partial charge in [0.1, 0.15) is 20.0 Å². The van der Waals surface area contributed by atoms with Gasteiger partial charge >= 0.3 is 0 Å². The van der Waals surface area contributed by atoms with Crippen LogP contribution < -0.4 is 11.1 Å². The van der Waals surface area contributed by atoms with Crippen molar-refractivity contribution in [2.75, 3.05) is 13.2 Å². The molecule has 2 fully saturated rings. The van der Waals surface area contributed by atoms with Gasteiger partial charge in [-0.2, -0.15) is 20.2 Å². The third-order valence-corrected chi connectivity index (χ3v) is 7.81. The van der Waals surface area contributed by atoms with Crippen LogP contribution in [-0.2, 0) is 16.5 Å². The minimum atomic E-state index is -0.307. The zero-order valence-corrected chi connectivity index (χ0v) is 24.3. The number of hydrogen-bond acceptors (Lipinski definition) is 8. The van der Waals surface area contributed by atoms with Gasteiger partial charge in [0, 0.05) is 20.3 Å². The SMILES string of the molecule is Cn1c(Cl)nc2c(c(Br)nn2C2CCCCO2)c1=O.O=c1[nH]c(Cl)nc2c1c(Br)nn2C1CCCCO1. The van der Waals surface area contributed by atoms with Gasteiger partial charge in [0.2, 0.25) is 10.6 Å². The lowest BCUT2D eigenvalue weighted by Crippen LogP contribution is -2.22. The van der Waals surface area contributed by atoms with Crippen molar-refractivity contribution in [2.45, 2.75) is 51.0 Å². The molecule has 198 valence electrons. The molecule has 0 aromatic carbocycles. The molecular formula is C21H22Br2Cl2N8O4. The summed E-state index contributed by atoms with van der Waals surface area (Å²) in [6, 6.07) is 0. The summed E-state index contributed by atoms with van der Waals surface area (Å²) in [5.41, 5.74) is 0.386. The molecule has 2 aliphatic rings. The average Bonchev–Trinajstić information content (AvgIpc) is 3.40. The van der Waals surface area contributed by atoms with E-state index in [4.69, 9.17) is 32.7 Å². The second-order valence-electron chi connectivity index (χ2n) is 8.61. The van der Waals surface area contributed by atoms with Gasteiger partial charge in [-0.1, -0.05) is 0 Å². The Balaban J connectivity index is 0.000000152. The monoisotopic (exact) mass is 678 g/mol. The summed E-state index contributed by atoms with van der Waals surface area (Å²) in [6.07, 6.45) is 5.59. The van der Waals surface area contributed by atoms with E-state index >= 15 is 0 Å². The topological polar surface area (TPSA) is 135 Å². The van der Waals surface area contributed by atoms with Crippen LogP contribution in [0.15, 0.2) is 18.8 Å². The Labute approximate surface area is 236 Å².